The van der Waals surface area contributed by atoms with Gasteiger partial charge >= 0.3 is 0 Å². The fourth-order valence-electron chi connectivity index (χ4n) is 2.52. The van der Waals surface area contributed by atoms with E-state index in [1.807, 2.05) is 35.9 Å². The summed E-state index contributed by atoms with van der Waals surface area (Å²) in [7, 11) is 0. The molecule has 4 rings (SSSR count). The Bertz CT molecular complexity index is 824. The van der Waals surface area contributed by atoms with Gasteiger partial charge in [-0.05, 0) is 18.1 Å². The van der Waals surface area contributed by atoms with Gasteiger partial charge in [-0.1, -0.05) is 72.4 Å². The second kappa shape index (κ2) is 5.42. The van der Waals surface area contributed by atoms with Crippen LogP contribution < -0.4 is 0 Å². The molecule has 0 bridgehead atoms. The summed E-state index contributed by atoms with van der Waals surface area (Å²) >= 11 is 1.69. The topological polar surface area (TPSA) is 43.1 Å². The standard InChI is InChI=1S/C17H14N4S/c1-12-18-19-17-21(12)20-15(13-8-4-2-5-9-13)16(22-17)14-10-6-3-7-11-14/h2-11,16H,1H3/t16-/m1/s1. The Morgan fingerprint density at radius 3 is 2.32 bits per heavy atom. The summed E-state index contributed by atoms with van der Waals surface area (Å²) in [5.41, 5.74) is 3.39. The molecule has 1 aliphatic rings. The first kappa shape index (κ1) is 13.3. The molecule has 0 aliphatic carbocycles. The molecule has 22 heavy (non-hydrogen) atoms. The Morgan fingerprint density at radius 2 is 1.59 bits per heavy atom. The fourth-order valence-corrected chi connectivity index (χ4v) is 3.68. The Hall–Kier alpha value is -2.40. The van der Waals surface area contributed by atoms with Crippen molar-refractivity contribution in [2.24, 2.45) is 5.10 Å². The van der Waals surface area contributed by atoms with E-state index < -0.39 is 0 Å². The molecule has 3 aromatic rings. The van der Waals surface area contributed by atoms with Crippen LogP contribution in [0.4, 0.5) is 0 Å². The van der Waals surface area contributed by atoms with Crippen molar-refractivity contribution in [3.8, 4) is 0 Å². The lowest BCUT2D eigenvalue weighted by Gasteiger charge is -2.23. The number of aryl methyl sites for hydroxylation is 1. The minimum absolute atomic E-state index is 0.125. The molecule has 5 heteroatoms. The summed E-state index contributed by atoms with van der Waals surface area (Å²) in [5, 5.41) is 14.2. The monoisotopic (exact) mass is 306 g/mol. The van der Waals surface area contributed by atoms with E-state index >= 15 is 0 Å². The van der Waals surface area contributed by atoms with Gasteiger partial charge in [0.25, 0.3) is 0 Å². The number of thioether (sulfide) groups is 1. The summed E-state index contributed by atoms with van der Waals surface area (Å²) < 4.78 is 1.83. The highest BCUT2D eigenvalue weighted by molar-refractivity contribution is 8.00. The third-order valence-corrected chi connectivity index (χ3v) is 4.82. The van der Waals surface area contributed by atoms with E-state index in [4.69, 9.17) is 5.10 Å². The highest BCUT2D eigenvalue weighted by atomic mass is 32.2. The quantitative estimate of drug-likeness (QED) is 0.725. The second-order valence-corrected chi connectivity index (χ2v) is 6.17. The number of rotatable bonds is 2. The first-order chi connectivity index (χ1) is 10.8. The third kappa shape index (κ3) is 2.23. The van der Waals surface area contributed by atoms with Crippen LogP contribution in [-0.4, -0.2) is 20.6 Å². The lowest BCUT2D eigenvalue weighted by atomic mass is 10.0. The van der Waals surface area contributed by atoms with Gasteiger partial charge in [-0.15, -0.1) is 10.2 Å². The van der Waals surface area contributed by atoms with Gasteiger partial charge in [0, 0.05) is 0 Å². The Labute approximate surface area is 132 Å². The molecule has 2 aromatic carbocycles. The molecule has 0 radical (unpaired) electrons. The number of fused-ring (bicyclic) bond motifs is 1. The maximum atomic E-state index is 4.82. The molecule has 0 saturated heterocycles. The van der Waals surface area contributed by atoms with Crippen molar-refractivity contribution in [3.63, 3.8) is 0 Å². The molecular weight excluding hydrogens is 292 g/mol. The van der Waals surface area contributed by atoms with Gasteiger partial charge in [0.05, 0.1) is 11.0 Å². The molecule has 2 heterocycles. The zero-order valence-electron chi connectivity index (χ0n) is 12.0. The zero-order chi connectivity index (χ0) is 14.9. The van der Waals surface area contributed by atoms with E-state index in [1.165, 1.54) is 5.56 Å². The van der Waals surface area contributed by atoms with Crippen LogP contribution >= 0.6 is 11.8 Å². The predicted molar refractivity (Wildman–Crippen MR) is 88.2 cm³/mol. The molecule has 0 amide bonds. The van der Waals surface area contributed by atoms with E-state index in [-0.39, 0.29) is 5.25 Å². The molecule has 1 aromatic heterocycles. The SMILES string of the molecule is Cc1nnc2n1N=C(c1ccccc1)[C@@H](c1ccccc1)S2. The van der Waals surface area contributed by atoms with Crippen LogP contribution in [0.25, 0.3) is 0 Å². The van der Waals surface area contributed by atoms with Crippen LogP contribution in [0.3, 0.4) is 0 Å². The molecule has 1 atom stereocenters. The minimum Gasteiger partial charge on any atom is -0.191 e. The minimum atomic E-state index is 0.125. The van der Waals surface area contributed by atoms with E-state index in [0.717, 1.165) is 22.3 Å². The predicted octanol–water partition coefficient (Wildman–Crippen LogP) is 3.69. The van der Waals surface area contributed by atoms with Crippen molar-refractivity contribution in [1.82, 2.24) is 14.9 Å². The number of nitrogens with zero attached hydrogens (tertiary/aromatic N) is 4. The normalized spacial score (nSPS) is 17.0. The number of aromatic nitrogens is 3. The van der Waals surface area contributed by atoms with Crippen LogP contribution in [0.15, 0.2) is 70.9 Å². The molecule has 0 saturated carbocycles. The van der Waals surface area contributed by atoms with Gasteiger partial charge in [-0.2, -0.15) is 9.78 Å². The molecule has 0 spiro atoms. The first-order valence-electron chi connectivity index (χ1n) is 7.11. The van der Waals surface area contributed by atoms with Gasteiger partial charge in [-0.25, -0.2) is 0 Å². The van der Waals surface area contributed by atoms with Crippen LogP contribution in [0, 0.1) is 6.92 Å². The summed E-state index contributed by atoms with van der Waals surface area (Å²) in [5.74, 6) is 0.808. The van der Waals surface area contributed by atoms with Gasteiger partial charge in [-0.3, -0.25) is 0 Å². The molecule has 0 N–H and O–H groups in total. The molecular formula is C17H14N4S. The molecule has 4 nitrogen and oxygen atoms in total. The maximum absolute atomic E-state index is 4.82. The van der Waals surface area contributed by atoms with E-state index in [9.17, 15) is 0 Å². The molecule has 0 fully saturated rings. The highest BCUT2D eigenvalue weighted by Gasteiger charge is 2.29. The average Bonchev–Trinajstić information content (AvgIpc) is 2.96. The largest absolute Gasteiger partial charge is 0.213 e. The summed E-state index contributed by atoms with van der Waals surface area (Å²) in [6.45, 7) is 1.92. The number of hydrogen-bond acceptors (Lipinski definition) is 4. The second-order valence-electron chi connectivity index (χ2n) is 5.10. The first-order valence-corrected chi connectivity index (χ1v) is 7.99. The Kier molecular flexibility index (Phi) is 3.27. The zero-order valence-corrected chi connectivity index (χ0v) is 12.9. The van der Waals surface area contributed by atoms with Crippen molar-refractivity contribution in [2.45, 2.75) is 17.3 Å². The van der Waals surface area contributed by atoms with Crippen LogP contribution in [-0.2, 0) is 0 Å². The lowest BCUT2D eigenvalue weighted by molar-refractivity contribution is 0.727. The molecule has 108 valence electrons. The van der Waals surface area contributed by atoms with Crippen molar-refractivity contribution < 1.29 is 0 Å². The molecule has 1 aliphatic heterocycles. The van der Waals surface area contributed by atoms with Gasteiger partial charge < -0.3 is 0 Å². The maximum Gasteiger partial charge on any atom is 0.213 e. The van der Waals surface area contributed by atoms with Gasteiger partial charge in [0.1, 0.15) is 0 Å². The lowest BCUT2D eigenvalue weighted by Crippen LogP contribution is -2.18. The van der Waals surface area contributed by atoms with E-state index in [0.29, 0.717) is 0 Å². The van der Waals surface area contributed by atoms with Gasteiger partial charge in [0.15, 0.2) is 5.82 Å². The fraction of sp³-hybridized carbons (Fsp3) is 0.118. The molecule has 0 unspecified atom stereocenters. The van der Waals surface area contributed by atoms with E-state index in [1.54, 1.807) is 11.8 Å². The third-order valence-electron chi connectivity index (χ3n) is 3.62. The van der Waals surface area contributed by atoms with Crippen LogP contribution in [0.1, 0.15) is 22.2 Å². The Balaban J connectivity index is 1.88. The van der Waals surface area contributed by atoms with Crippen molar-refractivity contribution in [1.29, 1.82) is 0 Å². The highest BCUT2D eigenvalue weighted by Crippen LogP contribution is 2.40. The van der Waals surface area contributed by atoms with Crippen molar-refractivity contribution in [3.05, 3.63) is 77.6 Å². The van der Waals surface area contributed by atoms with Crippen LogP contribution in [0.5, 0.6) is 0 Å². The summed E-state index contributed by atoms with van der Waals surface area (Å²) in [6, 6.07) is 20.7. The summed E-state index contributed by atoms with van der Waals surface area (Å²) in [6.07, 6.45) is 0. The van der Waals surface area contributed by atoms with Crippen molar-refractivity contribution in [2.75, 3.05) is 0 Å². The number of benzene rings is 2. The summed E-state index contributed by atoms with van der Waals surface area (Å²) in [4.78, 5) is 0. The van der Waals surface area contributed by atoms with E-state index in [2.05, 4.69) is 46.6 Å². The number of hydrogen-bond donors (Lipinski definition) is 0. The smallest absolute Gasteiger partial charge is 0.191 e. The average molecular weight is 306 g/mol. The Morgan fingerprint density at radius 1 is 0.909 bits per heavy atom. The van der Waals surface area contributed by atoms with Crippen molar-refractivity contribution >= 4 is 17.5 Å². The van der Waals surface area contributed by atoms with Crippen LogP contribution in [0.2, 0.25) is 0 Å². The van der Waals surface area contributed by atoms with Gasteiger partial charge in [0.2, 0.25) is 5.16 Å².